The fourth-order valence-electron chi connectivity index (χ4n) is 2.22. The summed E-state index contributed by atoms with van der Waals surface area (Å²) in [4.78, 5) is 4.78. The molecule has 1 atom stereocenters. The highest BCUT2D eigenvalue weighted by Gasteiger charge is 2.12. The highest BCUT2D eigenvalue weighted by molar-refractivity contribution is 5.78. The van der Waals surface area contributed by atoms with Gasteiger partial charge in [0.15, 0.2) is 0 Å². The predicted octanol–water partition coefficient (Wildman–Crippen LogP) is 4.24. The topological polar surface area (TPSA) is 24.9 Å². The van der Waals surface area contributed by atoms with E-state index in [1.54, 1.807) is 0 Å². The minimum absolute atomic E-state index is 0.266. The van der Waals surface area contributed by atoms with Crippen LogP contribution in [0.5, 0.6) is 0 Å². The maximum atomic E-state index is 4.78. The number of pyridine rings is 1. The monoisotopic (exact) mass is 254 g/mol. The lowest BCUT2D eigenvalue weighted by Crippen LogP contribution is -2.23. The third-order valence-electron chi connectivity index (χ3n) is 3.17. The van der Waals surface area contributed by atoms with Crippen molar-refractivity contribution in [3.63, 3.8) is 0 Å². The van der Waals surface area contributed by atoms with Crippen LogP contribution in [0.1, 0.15) is 38.4 Å². The zero-order valence-electron chi connectivity index (χ0n) is 11.8. The smallest absolute Gasteiger partial charge is 0.0706 e. The van der Waals surface area contributed by atoms with Crippen LogP contribution in [-0.2, 0) is 0 Å². The van der Waals surface area contributed by atoms with Crippen LogP contribution in [0.25, 0.3) is 10.9 Å². The SMILES string of the molecule is C=C(C)CC(NCCC)c1ccc2ccccc2n1. The molecule has 19 heavy (non-hydrogen) atoms. The summed E-state index contributed by atoms with van der Waals surface area (Å²) in [6.45, 7) is 9.28. The van der Waals surface area contributed by atoms with Crippen molar-refractivity contribution in [3.8, 4) is 0 Å². The summed E-state index contributed by atoms with van der Waals surface area (Å²) in [6.07, 6.45) is 2.06. The molecule has 100 valence electrons. The third-order valence-corrected chi connectivity index (χ3v) is 3.17. The average Bonchev–Trinajstić information content (AvgIpc) is 2.42. The molecule has 2 nitrogen and oxygen atoms in total. The minimum Gasteiger partial charge on any atom is -0.308 e. The Morgan fingerprint density at radius 3 is 2.79 bits per heavy atom. The van der Waals surface area contributed by atoms with E-state index in [4.69, 9.17) is 4.98 Å². The van der Waals surface area contributed by atoms with Gasteiger partial charge in [0.25, 0.3) is 0 Å². The fraction of sp³-hybridized carbons (Fsp3) is 0.353. The summed E-state index contributed by atoms with van der Waals surface area (Å²) in [5, 5.41) is 4.75. The maximum absolute atomic E-state index is 4.78. The Balaban J connectivity index is 2.29. The van der Waals surface area contributed by atoms with Crippen LogP contribution in [0.15, 0.2) is 48.6 Å². The third kappa shape index (κ3) is 3.65. The van der Waals surface area contributed by atoms with Crippen LogP contribution >= 0.6 is 0 Å². The number of benzene rings is 1. The second kappa shape index (κ2) is 6.48. The van der Waals surface area contributed by atoms with Gasteiger partial charge in [0.2, 0.25) is 0 Å². The van der Waals surface area contributed by atoms with Gasteiger partial charge in [-0.1, -0.05) is 36.8 Å². The Kier molecular flexibility index (Phi) is 4.69. The van der Waals surface area contributed by atoms with E-state index < -0.39 is 0 Å². The number of nitrogens with one attached hydrogen (secondary N) is 1. The molecular weight excluding hydrogens is 232 g/mol. The van der Waals surface area contributed by atoms with Crippen LogP contribution < -0.4 is 5.32 Å². The number of hydrogen-bond acceptors (Lipinski definition) is 2. The van der Waals surface area contributed by atoms with Crippen LogP contribution in [0, 0.1) is 0 Å². The molecule has 0 fully saturated rings. The Morgan fingerprint density at radius 1 is 1.26 bits per heavy atom. The minimum atomic E-state index is 0.266. The van der Waals surface area contributed by atoms with Crippen LogP contribution in [0.2, 0.25) is 0 Å². The van der Waals surface area contributed by atoms with Crippen LogP contribution in [0.4, 0.5) is 0 Å². The predicted molar refractivity (Wildman–Crippen MR) is 82.2 cm³/mol. The second-order valence-electron chi connectivity index (χ2n) is 5.10. The molecular formula is C17H22N2. The van der Waals surface area contributed by atoms with Crippen molar-refractivity contribution in [1.29, 1.82) is 0 Å². The van der Waals surface area contributed by atoms with Gasteiger partial charge in [-0.05, 0) is 38.4 Å². The van der Waals surface area contributed by atoms with E-state index in [1.165, 1.54) is 11.0 Å². The number of para-hydroxylation sites is 1. The van der Waals surface area contributed by atoms with E-state index in [9.17, 15) is 0 Å². The molecule has 0 saturated carbocycles. The second-order valence-corrected chi connectivity index (χ2v) is 5.10. The average molecular weight is 254 g/mol. The lowest BCUT2D eigenvalue weighted by Gasteiger charge is -2.18. The molecule has 0 aliphatic heterocycles. The molecule has 1 unspecified atom stereocenters. The van der Waals surface area contributed by atoms with Gasteiger partial charge >= 0.3 is 0 Å². The fourth-order valence-corrected chi connectivity index (χ4v) is 2.22. The zero-order valence-corrected chi connectivity index (χ0v) is 11.8. The lowest BCUT2D eigenvalue weighted by atomic mass is 10.0. The highest BCUT2D eigenvalue weighted by Crippen LogP contribution is 2.21. The van der Waals surface area contributed by atoms with E-state index in [0.29, 0.717) is 0 Å². The van der Waals surface area contributed by atoms with Crippen molar-refractivity contribution in [1.82, 2.24) is 10.3 Å². The van der Waals surface area contributed by atoms with Crippen molar-refractivity contribution in [2.75, 3.05) is 6.54 Å². The molecule has 0 radical (unpaired) electrons. The van der Waals surface area contributed by atoms with Gasteiger partial charge in [0.1, 0.15) is 0 Å². The first-order valence-electron chi connectivity index (χ1n) is 6.94. The lowest BCUT2D eigenvalue weighted by molar-refractivity contribution is 0.518. The number of nitrogens with zero attached hydrogens (tertiary/aromatic N) is 1. The van der Waals surface area contributed by atoms with E-state index in [0.717, 1.165) is 30.6 Å². The largest absolute Gasteiger partial charge is 0.308 e. The molecule has 2 heteroatoms. The standard InChI is InChI=1S/C17H22N2/c1-4-11-18-17(12-13(2)3)16-10-9-14-7-5-6-8-15(14)19-16/h5-10,17-18H,2,4,11-12H2,1,3H3. The summed E-state index contributed by atoms with van der Waals surface area (Å²) in [7, 11) is 0. The first kappa shape index (κ1) is 13.8. The van der Waals surface area contributed by atoms with E-state index >= 15 is 0 Å². The molecule has 2 rings (SSSR count). The van der Waals surface area contributed by atoms with Crippen molar-refractivity contribution in [2.24, 2.45) is 0 Å². The molecule has 2 aromatic rings. The first-order valence-corrected chi connectivity index (χ1v) is 6.94. The molecule has 0 aliphatic carbocycles. The van der Waals surface area contributed by atoms with Crippen molar-refractivity contribution < 1.29 is 0 Å². The first-order chi connectivity index (χ1) is 9.20. The molecule has 0 bridgehead atoms. The molecule has 0 saturated heterocycles. The Morgan fingerprint density at radius 2 is 2.05 bits per heavy atom. The highest BCUT2D eigenvalue weighted by atomic mass is 14.9. The van der Waals surface area contributed by atoms with Crippen LogP contribution in [-0.4, -0.2) is 11.5 Å². The number of aromatic nitrogens is 1. The van der Waals surface area contributed by atoms with Gasteiger partial charge in [0, 0.05) is 5.39 Å². The molecule has 0 amide bonds. The van der Waals surface area contributed by atoms with Crippen molar-refractivity contribution in [3.05, 3.63) is 54.2 Å². The van der Waals surface area contributed by atoms with Gasteiger partial charge in [-0.2, -0.15) is 0 Å². The van der Waals surface area contributed by atoms with Gasteiger partial charge < -0.3 is 5.32 Å². The molecule has 1 aromatic heterocycles. The number of fused-ring (bicyclic) bond motifs is 1. The van der Waals surface area contributed by atoms with Gasteiger partial charge in [-0.25, -0.2) is 0 Å². The molecule has 1 heterocycles. The summed E-state index contributed by atoms with van der Waals surface area (Å²) in [5.41, 5.74) is 3.35. The van der Waals surface area contributed by atoms with Crippen molar-refractivity contribution in [2.45, 2.75) is 32.7 Å². The Bertz CT molecular complexity index is 560. The summed E-state index contributed by atoms with van der Waals surface area (Å²) in [6, 6.07) is 12.8. The molecule has 1 N–H and O–H groups in total. The summed E-state index contributed by atoms with van der Waals surface area (Å²) < 4.78 is 0. The Labute approximate surface area is 115 Å². The van der Waals surface area contributed by atoms with Gasteiger partial charge in [0.05, 0.1) is 17.3 Å². The number of rotatable bonds is 6. The van der Waals surface area contributed by atoms with Crippen LogP contribution in [0.3, 0.4) is 0 Å². The summed E-state index contributed by atoms with van der Waals surface area (Å²) >= 11 is 0. The molecule has 1 aromatic carbocycles. The zero-order chi connectivity index (χ0) is 13.7. The van der Waals surface area contributed by atoms with E-state index in [2.05, 4.69) is 50.0 Å². The molecule has 0 aliphatic rings. The van der Waals surface area contributed by atoms with Crippen molar-refractivity contribution >= 4 is 10.9 Å². The maximum Gasteiger partial charge on any atom is 0.0706 e. The van der Waals surface area contributed by atoms with E-state index in [-0.39, 0.29) is 6.04 Å². The number of hydrogen-bond donors (Lipinski definition) is 1. The summed E-state index contributed by atoms with van der Waals surface area (Å²) in [5.74, 6) is 0. The Hall–Kier alpha value is -1.67. The van der Waals surface area contributed by atoms with E-state index in [1.807, 2.05) is 12.1 Å². The quantitative estimate of drug-likeness (QED) is 0.780. The normalized spacial score (nSPS) is 12.5. The van der Waals surface area contributed by atoms with Gasteiger partial charge in [-0.15, -0.1) is 6.58 Å². The van der Waals surface area contributed by atoms with Gasteiger partial charge in [-0.3, -0.25) is 4.98 Å². The molecule has 0 spiro atoms.